The van der Waals surface area contributed by atoms with Gasteiger partial charge >= 0.3 is 0 Å². The lowest BCUT2D eigenvalue weighted by Gasteiger charge is -2.28. The minimum absolute atomic E-state index is 0.123. The van der Waals surface area contributed by atoms with Crippen LogP contribution in [0.25, 0.3) is 16.2 Å². The summed E-state index contributed by atoms with van der Waals surface area (Å²) in [6.45, 7) is 1.25. The molecule has 1 amide bonds. The van der Waals surface area contributed by atoms with Crippen LogP contribution in [-0.4, -0.2) is 37.1 Å². The maximum atomic E-state index is 12.9. The maximum absolute atomic E-state index is 12.9. The van der Waals surface area contributed by atoms with Crippen LogP contribution in [0.4, 0.5) is 0 Å². The Balaban J connectivity index is 1.43. The highest BCUT2D eigenvalue weighted by Gasteiger charge is 2.23. The van der Waals surface area contributed by atoms with Crippen molar-refractivity contribution in [1.29, 1.82) is 0 Å². The monoisotopic (exact) mass is 377 g/mol. The lowest BCUT2D eigenvalue weighted by atomic mass is 10.00. The van der Waals surface area contributed by atoms with Crippen LogP contribution in [-0.2, 0) is 13.0 Å². The van der Waals surface area contributed by atoms with E-state index >= 15 is 0 Å². The van der Waals surface area contributed by atoms with Crippen LogP contribution >= 0.6 is 11.3 Å². The predicted molar refractivity (Wildman–Crippen MR) is 102 cm³/mol. The Morgan fingerprint density at radius 3 is 2.89 bits per heavy atom. The second kappa shape index (κ2) is 6.17. The van der Waals surface area contributed by atoms with E-state index in [0.29, 0.717) is 34.9 Å². The fourth-order valence-corrected chi connectivity index (χ4v) is 4.08. The molecule has 134 valence electrons. The van der Waals surface area contributed by atoms with Crippen molar-refractivity contribution in [3.8, 4) is 5.95 Å². The fraction of sp³-hybridized carbons (Fsp3) is 0.158. The van der Waals surface area contributed by atoms with Gasteiger partial charge in [-0.15, -0.1) is 11.3 Å². The van der Waals surface area contributed by atoms with E-state index in [9.17, 15) is 9.59 Å². The molecule has 1 aliphatic rings. The number of hydrogen-bond acceptors (Lipinski definition) is 5. The Morgan fingerprint density at radius 1 is 1.15 bits per heavy atom. The number of hydrogen-bond donors (Lipinski definition) is 1. The van der Waals surface area contributed by atoms with Gasteiger partial charge in [-0.1, -0.05) is 24.3 Å². The first kappa shape index (κ1) is 16.0. The Hall–Kier alpha value is -3.26. The van der Waals surface area contributed by atoms with E-state index in [-0.39, 0.29) is 11.5 Å². The summed E-state index contributed by atoms with van der Waals surface area (Å²) < 4.78 is 2.01. The van der Waals surface area contributed by atoms with Crippen molar-refractivity contribution in [3.63, 3.8) is 0 Å². The molecule has 8 heteroatoms. The van der Waals surface area contributed by atoms with Crippen LogP contribution in [0.1, 0.15) is 21.6 Å². The van der Waals surface area contributed by atoms with Crippen molar-refractivity contribution in [1.82, 2.24) is 24.6 Å². The summed E-state index contributed by atoms with van der Waals surface area (Å²) in [5.74, 6) is 0.177. The van der Waals surface area contributed by atoms with Gasteiger partial charge in [0.25, 0.3) is 11.5 Å². The summed E-state index contributed by atoms with van der Waals surface area (Å²) in [4.78, 5) is 33.9. The smallest absolute Gasteiger partial charge is 0.274 e. The van der Waals surface area contributed by atoms with Gasteiger partial charge in [0, 0.05) is 19.3 Å². The Morgan fingerprint density at radius 2 is 2.00 bits per heavy atom. The number of carbonyl (C=O) groups is 1. The highest BCUT2D eigenvalue weighted by atomic mass is 32.1. The van der Waals surface area contributed by atoms with Gasteiger partial charge in [0.2, 0.25) is 5.95 Å². The SMILES string of the molecule is O=C(c1ccn(-c2nc3ccsc3c(=O)[nH]2)n1)N1CCc2ccccc2C1. The molecule has 1 aliphatic heterocycles. The van der Waals surface area contributed by atoms with Crippen molar-refractivity contribution < 1.29 is 4.79 Å². The largest absolute Gasteiger partial charge is 0.333 e. The molecule has 7 nitrogen and oxygen atoms in total. The van der Waals surface area contributed by atoms with E-state index in [2.05, 4.69) is 27.2 Å². The molecular weight excluding hydrogens is 362 g/mol. The number of aromatic nitrogens is 4. The first-order valence-electron chi connectivity index (χ1n) is 8.59. The Kier molecular flexibility index (Phi) is 3.64. The average Bonchev–Trinajstić information content (AvgIpc) is 3.36. The molecule has 0 aliphatic carbocycles. The highest BCUT2D eigenvalue weighted by Crippen LogP contribution is 2.20. The quantitative estimate of drug-likeness (QED) is 0.581. The van der Waals surface area contributed by atoms with Crippen LogP contribution in [0.2, 0.25) is 0 Å². The molecule has 0 saturated heterocycles. The van der Waals surface area contributed by atoms with Gasteiger partial charge in [0.1, 0.15) is 4.70 Å². The number of H-pyrrole nitrogens is 1. The summed E-state index contributed by atoms with van der Waals surface area (Å²) >= 11 is 1.34. The van der Waals surface area contributed by atoms with Crippen molar-refractivity contribution >= 4 is 27.5 Å². The second-order valence-electron chi connectivity index (χ2n) is 6.42. The lowest BCUT2D eigenvalue weighted by Crippen LogP contribution is -2.36. The molecule has 4 heterocycles. The normalized spacial score (nSPS) is 13.7. The number of benzene rings is 1. The third kappa shape index (κ3) is 2.74. The molecule has 1 N–H and O–H groups in total. The first-order valence-corrected chi connectivity index (χ1v) is 9.46. The van der Waals surface area contributed by atoms with Crippen LogP contribution in [0, 0.1) is 0 Å². The fourth-order valence-electron chi connectivity index (χ4n) is 3.36. The van der Waals surface area contributed by atoms with E-state index in [0.717, 1.165) is 6.42 Å². The second-order valence-corrected chi connectivity index (χ2v) is 7.33. The first-order chi connectivity index (χ1) is 13.2. The summed E-state index contributed by atoms with van der Waals surface area (Å²) in [5, 5.41) is 6.16. The molecule has 4 aromatic rings. The third-order valence-electron chi connectivity index (χ3n) is 4.75. The summed E-state index contributed by atoms with van der Waals surface area (Å²) in [6.07, 6.45) is 2.48. The molecule has 5 rings (SSSR count). The predicted octanol–water partition coefficient (Wildman–Crippen LogP) is 2.37. The van der Waals surface area contributed by atoms with Gasteiger partial charge in [-0.2, -0.15) is 5.10 Å². The number of nitrogens with zero attached hydrogens (tertiary/aromatic N) is 4. The van der Waals surface area contributed by atoms with Gasteiger partial charge in [-0.3, -0.25) is 14.6 Å². The van der Waals surface area contributed by atoms with Crippen molar-refractivity contribution in [3.05, 3.63) is 75.1 Å². The van der Waals surface area contributed by atoms with E-state index in [1.54, 1.807) is 23.2 Å². The number of fused-ring (bicyclic) bond motifs is 2. The minimum atomic E-state index is -0.207. The van der Waals surface area contributed by atoms with Crippen molar-refractivity contribution in [2.24, 2.45) is 0 Å². The number of thiophene rings is 1. The van der Waals surface area contributed by atoms with E-state index in [1.807, 2.05) is 17.5 Å². The van der Waals surface area contributed by atoms with Crippen LogP contribution < -0.4 is 5.56 Å². The highest BCUT2D eigenvalue weighted by molar-refractivity contribution is 7.17. The zero-order chi connectivity index (χ0) is 18.4. The summed E-state index contributed by atoms with van der Waals surface area (Å²) in [6, 6.07) is 11.6. The number of aromatic amines is 1. The van der Waals surface area contributed by atoms with Gasteiger partial charge < -0.3 is 4.90 Å². The van der Waals surface area contributed by atoms with Crippen LogP contribution in [0.3, 0.4) is 0 Å². The molecule has 0 spiro atoms. The number of amides is 1. The molecular formula is C19H15N5O2S. The molecule has 0 unspecified atom stereocenters. The summed E-state index contributed by atoms with van der Waals surface area (Å²) in [7, 11) is 0. The van der Waals surface area contributed by atoms with Gasteiger partial charge in [0.15, 0.2) is 5.69 Å². The lowest BCUT2D eigenvalue weighted by molar-refractivity contribution is 0.0728. The van der Waals surface area contributed by atoms with Crippen LogP contribution in [0.15, 0.2) is 52.8 Å². The van der Waals surface area contributed by atoms with Crippen LogP contribution in [0.5, 0.6) is 0 Å². The topological polar surface area (TPSA) is 83.9 Å². The molecule has 0 radical (unpaired) electrons. The molecule has 3 aromatic heterocycles. The molecule has 0 fully saturated rings. The van der Waals surface area contributed by atoms with Crippen molar-refractivity contribution in [2.45, 2.75) is 13.0 Å². The molecule has 1 aromatic carbocycles. The third-order valence-corrected chi connectivity index (χ3v) is 5.65. The Bertz CT molecular complexity index is 1220. The van der Waals surface area contributed by atoms with Gasteiger partial charge in [-0.05, 0) is 35.1 Å². The minimum Gasteiger partial charge on any atom is -0.333 e. The maximum Gasteiger partial charge on any atom is 0.274 e. The summed E-state index contributed by atoms with van der Waals surface area (Å²) in [5.41, 5.74) is 3.21. The zero-order valence-electron chi connectivity index (χ0n) is 14.3. The molecule has 0 saturated carbocycles. The molecule has 0 atom stereocenters. The number of rotatable bonds is 2. The van der Waals surface area contributed by atoms with E-state index in [1.165, 1.54) is 27.1 Å². The number of carbonyl (C=O) groups excluding carboxylic acids is 1. The number of nitrogens with one attached hydrogen (secondary N) is 1. The molecule has 27 heavy (non-hydrogen) atoms. The molecule has 0 bridgehead atoms. The van der Waals surface area contributed by atoms with Gasteiger partial charge in [0.05, 0.1) is 5.52 Å². The Labute approximate surface area is 157 Å². The van der Waals surface area contributed by atoms with E-state index < -0.39 is 0 Å². The van der Waals surface area contributed by atoms with Gasteiger partial charge in [-0.25, -0.2) is 9.67 Å². The average molecular weight is 377 g/mol. The zero-order valence-corrected chi connectivity index (χ0v) is 15.1. The van der Waals surface area contributed by atoms with Crippen molar-refractivity contribution in [2.75, 3.05) is 6.54 Å². The standard InChI is InChI=1S/C19H15N5O2S/c25-17-16-14(7-10-27-16)20-19(21-17)24-9-6-15(22-24)18(26)23-8-5-12-3-1-2-4-13(12)11-23/h1-4,6-7,9-10H,5,8,11H2,(H,20,21,25). The van der Waals surface area contributed by atoms with E-state index in [4.69, 9.17) is 0 Å².